The van der Waals surface area contributed by atoms with Crippen molar-refractivity contribution in [3.63, 3.8) is 0 Å². The highest BCUT2D eigenvalue weighted by Crippen LogP contribution is 2.24. The van der Waals surface area contributed by atoms with Crippen molar-refractivity contribution in [2.75, 3.05) is 0 Å². The molecule has 1 atom stereocenters. The highest BCUT2D eigenvalue weighted by Gasteiger charge is 2.22. The number of benzene rings is 1. The van der Waals surface area contributed by atoms with E-state index in [0.29, 0.717) is 11.1 Å². The number of nitrogens with zero attached hydrogens (tertiary/aromatic N) is 3. The van der Waals surface area contributed by atoms with Gasteiger partial charge in [-0.2, -0.15) is 10.5 Å². The van der Waals surface area contributed by atoms with Gasteiger partial charge in [0.15, 0.2) is 6.07 Å². The monoisotopic (exact) mass is 207 g/mol. The first-order valence-corrected chi connectivity index (χ1v) is 4.67. The van der Waals surface area contributed by atoms with Crippen LogP contribution < -0.4 is 0 Å². The molecule has 16 heavy (non-hydrogen) atoms. The van der Waals surface area contributed by atoms with Gasteiger partial charge in [0.1, 0.15) is 0 Å². The van der Waals surface area contributed by atoms with Crippen LogP contribution in [0.2, 0.25) is 0 Å². The first-order chi connectivity index (χ1) is 7.74. The molecule has 1 rings (SSSR count). The number of allylic oxidation sites excluding steroid dienone is 1. The zero-order chi connectivity index (χ0) is 12.0. The molecule has 0 heterocycles. The lowest BCUT2D eigenvalue weighted by atomic mass is 9.95. The molecule has 0 aliphatic heterocycles. The summed E-state index contributed by atoms with van der Waals surface area (Å²) in [4.78, 5) is 3.23. The third-order valence-corrected chi connectivity index (χ3v) is 2.18. The Bertz CT molecular complexity index is 507. The van der Waals surface area contributed by atoms with Crippen LogP contribution in [0.15, 0.2) is 35.9 Å². The Balaban J connectivity index is 3.38. The Morgan fingerprint density at radius 2 is 1.94 bits per heavy atom. The zero-order valence-electron chi connectivity index (χ0n) is 8.81. The average Bonchev–Trinajstić information content (AvgIpc) is 2.36. The Morgan fingerprint density at radius 3 is 2.38 bits per heavy atom. The summed E-state index contributed by atoms with van der Waals surface area (Å²) in [6, 6.07) is 12.1. The van der Waals surface area contributed by atoms with E-state index in [2.05, 4.69) is 4.85 Å². The molecule has 0 amide bonds. The molecule has 3 nitrogen and oxygen atoms in total. The highest BCUT2D eigenvalue weighted by atomic mass is 14.7. The van der Waals surface area contributed by atoms with E-state index in [4.69, 9.17) is 17.1 Å². The molecule has 1 unspecified atom stereocenters. The van der Waals surface area contributed by atoms with Crippen LogP contribution in [0.3, 0.4) is 0 Å². The molecule has 1 aromatic carbocycles. The van der Waals surface area contributed by atoms with Gasteiger partial charge in [-0.25, -0.2) is 6.57 Å². The van der Waals surface area contributed by atoms with Gasteiger partial charge in [-0.05, 0) is 12.5 Å². The molecule has 0 spiro atoms. The van der Waals surface area contributed by atoms with E-state index >= 15 is 0 Å². The van der Waals surface area contributed by atoms with E-state index in [1.165, 1.54) is 0 Å². The maximum Gasteiger partial charge on any atom is 0.333 e. The van der Waals surface area contributed by atoms with Crippen molar-refractivity contribution in [1.82, 2.24) is 0 Å². The van der Waals surface area contributed by atoms with E-state index in [1.807, 2.05) is 30.3 Å². The van der Waals surface area contributed by atoms with Gasteiger partial charge >= 0.3 is 6.04 Å². The molecule has 0 saturated heterocycles. The Hall–Kier alpha value is -2.57. The van der Waals surface area contributed by atoms with Gasteiger partial charge in [0, 0.05) is 5.57 Å². The third kappa shape index (κ3) is 2.27. The van der Waals surface area contributed by atoms with Crippen molar-refractivity contribution in [3.8, 4) is 12.1 Å². The predicted molar refractivity (Wildman–Crippen MR) is 60.7 cm³/mol. The molecule has 1 aromatic rings. The van der Waals surface area contributed by atoms with Gasteiger partial charge in [0.2, 0.25) is 0 Å². The fourth-order valence-corrected chi connectivity index (χ4v) is 1.42. The normalized spacial score (nSPS) is 12.6. The molecule has 0 radical (unpaired) electrons. The van der Waals surface area contributed by atoms with Crippen molar-refractivity contribution in [2.45, 2.75) is 13.0 Å². The molecule has 0 aliphatic carbocycles. The van der Waals surface area contributed by atoms with Crippen molar-refractivity contribution in [1.29, 1.82) is 10.5 Å². The van der Waals surface area contributed by atoms with Crippen LogP contribution in [0.5, 0.6) is 0 Å². The molecule has 0 bridgehead atoms. The first-order valence-electron chi connectivity index (χ1n) is 4.67. The number of nitriles is 2. The van der Waals surface area contributed by atoms with Crippen LogP contribution in [0, 0.1) is 29.2 Å². The number of rotatable bonds is 2. The summed E-state index contributed by atoms with van der Waals surface area (Å²) in [5.74, 6) is 0. The lowest BCUT2D eigenvalue weighted by molar-refractivity contribution is 1.22. The Morgan fingerprint density at radius 1 is 1.31 bits per heavy atom. The second kappa shape index (κ2) is 5.35. The number of hydrogen-bond acceptors (Lipinski definition) is 2. The summed E-state index contributed by atoms with van der Waals surface area (Å²) >= 11 is 0. The molecule has 3 heteroatoms. The van der Waals surface area contributed by atoms with E-state index in [0.717, 1.165) is 5.56 Å². The maximum absolute atomic E-state index is 8.89. The lowest BCUT2D eigenvalue weighted by Gasteiger charge is -2.05. The van der Waals surface area contributed by atoms with Crippen molar-refractivity contribution in [2.24, 2.45) is 0 Å². The minimum atomic E-state index is -0.915. The highest BCUT2D eigenvalue weighted by molar-refractivity contribution is 5.78. The Labute approximate surface area is 94.7 Å². The minimum Gasteiger partial charge on any atom is -0.292 e. The maximum atomic E-state index is 8.89. The average molecular weight is 207 g/mol. The molecular weight excluding hydrogens is 198 g/mol. The molecule has 0 fully saturated rings. The summed E-state index contributed by atoms with van der Waals surface area (Å²) in [6.07, 6.45) is 0. The van der Waals surface area contributed by atoms with Gasteiger partial charge < -0.3 is 0 Å². The minimum absolute atomic E-state index is 0.411. The Kier molecular flexibility index (Phi) is 3.84. The van der Waals surface area contributed by atoms with E-state index < -0.39 is 6.04 Å². The number of hydrogen-bond donors (Lipinski definition) is 0. The van der Waals surface area contributed by atoms with E-state index in [9.17, 15) is 0 Å². The van der Waals surface area contributed by atoms with Crippen LogP contribution in [-0.4, -0.2) is 6.04 Å². The molecule has 0 saturated carbocycles. The van der Waals surface area contributed by atoms with Gasteiger partial charge in [0.05, 0.1) is 11.6 Å². The largest absolute Gasteiger partial charge is 0.333 e. The zero-order valence-corrected chi connectivity index (χ0v) is 8.81. The van der Waals surface area contributed by atoms with Crippen LogP contribution in [0.1, 0.15) is 12.5 Å². The second-order valence-corrected chi connectivity index (χ2v) is 3.18. The van der Waals surface area contributed by atoms with Gasteiger partial charge in [0.25, 0.3) is 0 Å². The lowest BCUT2D eigenvalue weighted by Crippen LogP contribution is -2.04. The molecule has 0 N–H and O–H groups in total. The van der Waals surface area contributed by atoms with E-state index in [1.54, 1.807) is 19.1 Å². The smallest absolute Gasteiger partial charge is 0.292 e. The summed E-state index contributed by atoms with van der Waals surface area (Å²) in [6.45, 7) is 8.59. The standard InChI is InChI=1S/C13H9N3/c1-10(8-14)13(12(9-15)16-2)11-6-4-3-5-7-11/h3-7,12H,1H3/b13-10+. The summed E-state index contributed by atoms with van der Waals surface area (Å²) in [7, 11) is 0. The van der Waals surface area contributed by atoms with E-state index in [-0.39, 0.29) is 0 Å². The molecule has 0 aliphatic rings. The third-order valence-electron chi connectivity index (χ3n) is 2.18. The van der Waals surface area contributed by atoms with Crippen molar-refractivity contribution < 1.29 is 0 Å². The van der Waals surface area contributed by atoms with Crippen LogP contribution in [-0.2, 0) is 0 Å². The molecule has 0 aromatic heterocycles. The molecular formula is C13H9N3. The van der Waals surface area contributed by atoms with Crippen LogP contribution in [0.25, 0.3) is 10.4 Å². The van der Waals surface area contributed by atoms with Gasteiger partial charge in [-0.3, -0.25) is 4.85 Å². The van der Waals surface area contributed by atoms with Crippen molar-refractivity contribution in [3.05, 3.63) is 52.9 Å². The SMILES string of the molecule is [C-]#[N+]C(C#N)/C(=C(\C)C#N)c1ccccc1. The topological polar surface area (TPSA) is 51.9 Å². The second-order valence-electron chi connectivity index (χ2n) is 3.18. The van der Waals surface area contributed by atoms with Gasteiger partial charge in [-0.1, -0.05) is 30.3 Å². The van der Waals surface area contributed by atoms with Crippen molar-refractivity contribution >= 4 is 5.57 Å². The van der Waals surface area contributed by atoms with Crippen LogP contribution in [0.4, 0.5) is 0 Å². The van der Waals surface area contributed by atoms with Crippen LogP contribution >= 0.6 is 0 Å². The predicted octanol–water partition coefficient (Wildman–Crippen LogP) is 2.80. The molecule has 76 valence electrons. The quantitative estimate of drug-likeness (QED) is 0.553. The van der Waals surface area contributed by atoms with Gasteiger partial charge in [-0.15, -0.1) is 0 Å². The fraction of sp³-hybridized carbons (Fsp3) is 0.154. The fourth-order valence-electron chi connectivity index (χ4n) is 1.42. The first kappa shape index (κ1) is 11.5. The summed E-state index contributed by atoms with van der Waals surface area (Å²) < 4.78 is 0. The summed E-state index contributed by atoms with van der Waals surface area (Å²) in [5.41, 5.74) is 1.67. The summed E-state index contributed by atoms with van der Waals surface area (Å²) in [5, 5.41) is 17.8.